The highest BCUT2D eigenvalue weighted by Crippen LogP contribution is 2.39. The zero-order chi connectivity index (χ0) is 20.6. The van der Waals surface area contributed by atoms with Gasteiger partial charge in [0.15, 0.2) is 11.5 Å². The maximum absolute atomic E-state index is 13.1. The topological polar surface area (TPSA) is 64.4 Å². The van der Waals surface area contributed by atoms with E-state index in [1.54, 1.807) is 18.4 Å². The van der Waals surface area contributed by atoms with Crippen molar-refractivity contribution >= 4 is 5.91 Å². The van der Waals surface area contributed by atoms with Crippen molar-refractivity contribution in [2.45, 2.75) is 27.3 Å². The van der Waals surface area contributed by atoms with E-state index in [0.29, 0.717) is 55.7 Å². The zero-order valence-electron chi connectivity index (χ0n) is 17.5. The van der Waals surface area contributed by atoms with E-state index in [-0.39, 0.29) is 5.91 Å². The molecule has 3 rings (SSSR count). The molecule has 0 atom stereocenters. The smallest absolute Gasteiger partial charge is 0.254 e. The van der Waals surface area contributed by atoms with Crippen molar-refractivity contribution in [2.24, 2.45) is 0 Å². The lowest BCUT2D eigenvalue weighted by molar-refractivity contribution is 0.0619. The van der Waals surface area contributed by atoms with Gasteiger partial charge in [-0.25, -0.2) is 0 Å². The number of piperazine rings is 1. The van der Waals surface area contributed by atoms with E-state index in [1.165, 1.54) is 0 Å². The van der Waals surface area contributed by atoms with Gasteiger partial charge < -0.3 is 23.5 Å². The highest BCUT2D eigenvalue weighted by atomic mass is 16.5. The number of rotatable bonds is 9. The van der Waals surface area contributed by atoms with Crippen LogP contribution in [-0.2, 0) is 6.54 Å². The molecule has 0 bridgehead atoms. The van der Waals surface area contributed by atoms with Gasteiger partial charge >= 0.3 is 0 Å². The van der Waals surface area contributed by atoms with Crippen LogP contribution in [0.4, 0.5) is 0 Å². The summed E-state index contributed by atoms with van der Waals surface area (Å²) in [6.45, 7) is 10.9. The van der Waals surface area contributed by atoms with Crippen molar-refractivity contribution in [1.29, 1.82) is 0 Å². The molecule has 1 amide bonds. The van der Waals surface area contributed by atoms with Gasteiger partial charge in [-0.2, -0.15) is 0 Å². The van der Waals surface area contributed by atoms with Crippen LogP contribution in [0.3, 0.4) is 0 Å². The Kier molecular flexibility index (Phi) is 7.41. The molecule has 2 heterocycles. The highest BCUT2D eigenvalue weighted by molar-refractivity contribution is 5.95. The molecule has 1 aromatic heterocycles. The molecule has 0 spiro atoms. The first-order chi connectivity index (χ1) is 14.2. The van der Waals surface area contributed by atoms with Crippen LogP contribution in [0.5, 0.6) is 17.2 Å². The maximum Gasteiger partial charge on any atom is 0.254 e. The van der Waals surface area contributed by atoms with Crippen molar-refractivity contribution in [1.82, 2.24) is 9.80 Å². The molecule has 7 heteroatoms. The van der Waals surface area contributed by atoms with Crippen molar-refractivity contribution in [3.05, 3.63) is 41.9 Å². The summed E-state index contributed by atoms with van der Waals surface area (Å²) in [5, 5.41) is 0. The Balaban J connectivity index is 1.72. The fourth-order valence-corrected chi connectivity index (χ4v) is 3.43. The molecule has 1 fully saturated rings. The molecule has 158 valence electrons. The number of furan rings is 1. The van der Waals surface area contributed by atoms with Crippen LogP contribution in [0.15, 0.2) is 34.9 Å². The third kappa shape index (κ3) is 5.23. The zero-order valence-corrected chi connectivity index (χ0v) is 17.5. The van der Waals surface area contributed by atoms with Crippen molar-refractivity contribution in [3.63, 3.8) is 0 Å². The number of nitrogens with zero attached hydrogens (tertiary/aromatic N) is 2. The Hall–Kier alpha value is -2.67. The Labute approximate surface area is 172 Å². The Morgan fingerprint density at radius 1 is 0.966 bits per heavy atom. The molecule has 7 nitrogen and oxygen atoms in total. The molecule has 2 aromatic rings. The van der Waals surface area contributed by atoms with Gasteiger partial charge in [0.2, 0.25) is 5.75 Å². The molecule has 0 N–H and O–H groups in total. The van der Waals surface area contributed by atoms with E-state index in [1.807, 2.05) is 37.8 Å². The minimum atomic E-state index is -0.0207. The van der Waals surface area contributed by atoms with Gasteiger partial charge in [0.1, 0.15) is 5.76 Å². The number of carbonyl (C=O) groups is 1. The standard InChI is InChI=1S/C22H30N2O5/c1-4-26-19-14-17(15-20(27-5-2)21(19)28-6-3)22(25)24-11-9-23(10-12-24)16-18-8-7-13-29-18/h7-8,13-15H,4-6,9-12,16H2,1-3H3. The summed E-state index contributed by atoms with van der Waals surface area (Å²) in [7, 11) is 0. The van der Waals surface area contributed by atoms with E-state index in [4.69, 9.17) is 18.6 Å². The number of carbonyl (C=O) groups excluding carboxylic acids is 1. The molecular weight excluding hydrogens is 372 g/mol. The summed E-state index contributed by atoms with van der Waals surface area (Å²) < 4.78 is 22.6. The second-order valence-electron chi connectivity index (χ2n) is 6.75. The molecule has 0 saturated carbocycles. The largest absolute Gasteiger partial charge is 0.490 e. The average Bonchev–Trinajstić information content (AvgIpc) is 3.23. The first-order valence-corrected chi connectivity index (χ1v) is 10.3. The number of hydrogen-bond acceptors (Lipinski definition) is 6. The predicted octanol–water partition coefficient (Wildman–Crippen LogP) is 3.43. The third-order valence-electron chi connectivity index (χ3n) is 4.78. The number of ether oxygens (including phenoxy) is 3. The van der Waals surface area contributed by atoms with Gasteiger partial charge in [-0.3, -0.25) is 9.69 Å². The SMILES string of the molecule is CCOc1cc(C(=O)N2CCN(Cc3ccco3)CC2)cc(OCC)c1OCC. The van der Waals surface area contributed by atoms with Crippen molar-refractivity contribution < 1.29 is 23.4 Å². The van der Waals surface area contributed by atoms with Crippen LogP contribution in [0.25, 0.3) is 0 Å². The number of hydrogen-bond donors (Lipinski definition) is 0. The van der Waals surface area contributed by atoms with Gasteiger partial charge in [0, 0.05) is 31.7 Å². The first-order valence-electron chi connectivity index (χ1n) is 10.3. The second-order valence-corrected chi connectivity index (χ2v) is 6.75. The van der Waals surface area contributed by atoms with E-state index < -0.39 is 0 Å². The first kappa shape index (κ1) is 21.0. The molecule has 0 unspecified atom stereocenters. The van der Waals surface area contributed by atoms with E-state index in [0.717, 1.165) is 25.4 Å². The van der Waals surface area contributed by atoms with Gasteiger partial charge in [0.05, 0.1) is 32.6 Å². The Morgan fingerprint density at radius 2 is 1.59 bits per heavy atom. The molecule has 1 saturated heterocycles. The summed E-state index contributed by atoms with van der Waals surface area (Å²) in [5.41, 5.74) is 0.555. The van der Waals surface area contributed by atoms with E-state index >= 15 is 0 Å². The monoisotopic (exact) mass is 402 g/mol. The van der Waals surface area contributed by atoms with Gasteiger partial charge in [-0.1, -0.05) is 0 Å². The van der Waals surface area contributed by atoms with Crippen LogP contribution < -0.4 is 14.2 Å². The Morgan fingerprint density at radius 3 is 2.10 bits per heavy atom. The number of amides is 1. The fourth-order valence-electron chi connectivity index (χ4n) is 3.43. The van der Waals surface area contributed by atoms with Crippen molar-refractivity contribution in [3.8, 4) is 17.2 Å². The summed E-state index contributed by atoms with van der Waals surface area (Å²) in [6, 6.07) is 7.39. The second kappa shape index (κ2) is 10.2. The van der Waals surface area contributed by atoms with Crippen LogP contribution in [0.1, 0.15) is 36.9 Å². The third-order valence-corrected chi connectivity index (χ3v) is 4.78. The molecule has 1 aliphatic rings. The number of benzene rings is 1. The normalized spacial score (nSPS) is 14.7. The van der Waals surface area contributed by atoms with Crippen LogP contribution in [0.2, 0.25) is 0 Å². The van der Waals surface area contributed by atoms with Crippen LogP contribution >= 0.6 is 0 Å². The van der Waals surface area contributed by atoms with Crippen LogP contribution in [0, 0.1) is 0 Å². The van der Waals surface area contributed by atoms with Gasteiger partial charge in [-0.15, -0.1) is 0 Å². The lowest BCUT2D eigenvalue weighted by atomic mass is 10.1. The lowest BCUT2D eigenvalue weighted by Gasteiger charge is -2.34. The van der Waals surface area contributed by atoms with E-state index in [9.17, 15) is 4.79 Å². The average molecular weight is 402 g/mol. The Bertz CT molecular complexity index is 756. The quantitative estimate of drug-likeness (QED) is 0.640. The minimum Gasteiger partial charge on any atom is -0.490 e. The molecule has 29 heavy (non-hydrogen) atoms. The molecule has 1 aliphatic heterocycles. The molecule has 0 radical (unpaired) electrons. The van der Waals surface area contributed by atoms with E-state index in [2.05, 4.69) is 4.90 Å². The minimum absolute atomic E-state index is 0.0207. The summed E-state index contributed by atoms with van der Waals surface area (Å²) in [4.78, 5) is 17.3. The predicted molar refractivity (Wildman–Crippen MR) is 110 cm³/mol. The highest BCUT2D eigenvalue weighted by Gasteiger charge is 2.25. The van der Waals surface area contributed by atoms with Crippen molar-refractivity contribution in [2.75, 3.05) is 46.0 Å². The molecular formula is C22H30N2O5. The fraction of sp³-hybridized carbons (Fsp3) is 0.500. The summed E-state index contributed by atoms with van der Waals surface area (Å²) in [6.07, 6.45) is 1.69. The van der Waals surface area contributed by atoms with Crippen LogP contribution in [-0.4, -0.2) is 61.7 Å². The lowest BCUT2D eigenvalue weighted by Crippen LogP contribution is -2.48. The molecule has 1 aromatic carbocycles. The van der Waals surface area contributed by atoms with Gasteiger partial charge in [0.25, 0.3) is 5.91 Å². The summed E-state index contributed by atoms with van der Waals surface area (Å²) in [5.74, 6) is 2.56. The molecule has 0 aliphatic carbocycles. The summed E-state index contributed by atoms with van der Waals surface area (Å²) >= 11 is 0. The van der Waals surface area contributed by atoms with Gasteiger partial charge in [-0.05, 0) is 45.0 Å². The maximum atomic E-state index is 13.1.